The number of nitrogen functional groups attached to an aromatic ring is 1. The van der Waals surface area contributed by atoms with Crippen LogP contribution in [0.1, 0.15) is 16.6 Å². The Morgan fingerprint density at radius 3 is 2.71 bits per heavy atom. The molecule has 34 heavy (non-hydrogen) atoms. The van der Waals surface area contributed by atoms with Gasteiger partial charge in [-0.2, -0.15) is 0 Å². The maximum Gasteiger partial charge on any atom is 0.339 e. The Balaban J connectivity index is 1.52. The van der Waals surface area contributed by atoms with Crippen LogP contribution in [0.25, 0.3) is 21.9 Å². The number of anilines is 2. The van der Waals surface area contributed by atoms with Crippen molar-refractivity contribution < 1.29 is 24.5 Å². The standard InChI is InChI=1S/C23H24N6O5/c1-28(2)15-8-4-5-12-13(15)6-3-7-14(12)23(32)34-19-18(31)16(9-30)33-22(19)29-11-27-17-20(24)25-10-26-21(17)29/h3-8,10-11,16,18-19,22,30-31H,9H2,1-2H3,(H2,24,25,26)/t16-,18?,19?,22-/m1/s1. The lowest BCUT2D eigenvalue weighted by Crippen LogP contribution is -2.37. The Hall–Kier alpha value is -3.80. The molecule has 4 atom stereocenters. The molecular formula is C23H24N6O5. The van der Waals surface area contributed by atoms with E-state index in [-0.39, 0.29) is 5.82 Å². The van der Waals surface area contributed by atoms with Gasteiger partial charge in [-0.15, -0.1) is 0 Å². The summed E-state index contributed by atoms with van der Waals surface area (Å²) < 4.78 is 13.2. The molecule has 0 saturated carbocycles. The summed E-state index contributed by atoms with van der Waals surface area (Å²) in [5.41, 5.74) is 7.89. The van der Waals surface area contributed by atoms with Gasteiger partial charge in [-0.3, -0.25) is 4.57 Å². The molecule has 2 aromatic heterocycles. The molecule has 11 nitrogen and oxygen atoms in total. The van der Waals surface area contributed by atoms with Gasteiger partial charge in [0, 0.05) is 25.2 Å². The summed E-state index contributed by atoms with van der Waals surface area (Å²) in [5.74, 6) is -0.446. The van der Waals surface area contributed by atoms with E-state index in [1.54, 1.807) is 12.1 Å². The van der Waals surface area contributed by atoms with Crippen molar-refractivity contribution in [2.24, 2.45) is 0 Å². The minimum Gasteiger partial charge on any atom is -0.451 e. The summed E-state index contributed by atoms with van der Waals surface area (Å²) in [6.45, 7) is -0.462. The van der Waals surface area contributed by atoms with Crippen LogP contribution in [0.5, 0.6) is 0 Å². The molecule has 11 heteroatoms. The van der Waals surface area contributed by atoms with E-state index in [9.17, 15) is 15.0 Å². The number of aliphatic hydroxyl groups excluding tert-OH is 2. The van der Waals surface area contributed by atoms with Crippen molar-refractivity contribution in [2.75, 3.05) is 31.3 Å². The average molecular weight is 464 g/mol. The molecule has 2 unspecified atom stereocenters. The van der Waals surface area contributed by atoms with Gasteiger partial charge >= 0.3 is 5.97 Å². The zero-order chi connectivity index (χ0) is 24.0. The van der Waals surface area contributed by atoms with Gasteiger partial charge in [0.25, 0.3) is 0 Å². The van der Waals surface area contributed by atoms with Crippen LogP contribution >= 0.6 is 0 Å². The number of hydrogen-bond donors (Lipinski definition) is 3. The number of imidazole rings is 1. The monoisotopic (exact) mass is 464 g/mol. The molecule has 1 aliphatic rings. The third-order valence-corrected chi connectivity index (χ3v) is 6.00. The summed E-state index contributed by atoms with van der Waals surface area (Å²) in [5, 5.41) is 22.1. The van der Waals surface area contributed by atoms with Gasteiger partial charge < -0.3 is 30.3 Å². The Bertz CT molecular complexity index is 1370. The molecule has 3 heterocycles. The normalized spacial score (nSPS) is 22.4. The Morgan fingerprint density at radius 1 is 1.18 bits per heavy atom. The van der Waals surface area contributed by atoms with Crippen LogP contribution in [-0.2, 0) is 9.47 Å². The van der Waals surface area contributed by atoms with Crippen molar-refractivity contribution in [1.29, 1.82) is 0 Å². The van der Waals surface area contributed by atoms with Crippen LogP contribution < -0.4 is 10.6 Å². The lowest BCUT2D eigenvalue weighted by atomic mass is 10.0. The van der Waals surface area contributed by atoms with Crippen molar-refractivity contribution in [1.82, 2.24) is 19.5 Å². The van der Waals surface area contributed by atoms with Gasteiger partial charge in [0.2, 0.25) is 0 Å². The molecular weight excluding hydrogens is 440 g/mol. The summed E-state index contributed by atoms with van der Waals surface area (Å²) in [4.78, 5) is 27.6. The van der Waals surface area contributed by atoms with Gasteiger partial charge in [-0.1, -0.05) is 24.3 Å². The fourth-order valence-corrected chi connectivity index (χ4v) is 4.32. The van der Waals surface area contributed by atoms with Crippen molar-refractivity contribution in [3.63, 3.8) is 0 Å². The molecule has 0 radical (unpaired) electrons. The summed E-state index contributed by atoms with van der Waals surface area (Å²) >= 11 is 0. The van der Waals surface area contributed by atoms with E-state index in [0.717, 1.165) is 16.5 Å². The fraction of sp³-hybridized carbons (Fsp3) is 0.304. The number of hydrogen-bond acceptors (Lipinski definition) is 10. The number of esters is 1. The van der Waals surface area contributed by atoms with E-state index in [1.807, 2.05) is 43.3 Å². The van der Waals surface area contributed by atoms with Crippen LogP contribution in [-0.4, -0.2) is 74.7 Å². The second-order valence-electron chi connectivity index (χ2n) is 8.26. The van der Waals surface area contributed by atoms with E-state index in [2.05, 4.69) is 15.0 Å². The van der Waals surface area contributed by atoms with E-state index in [4.69, 9.17) is 15.2 Å². The van der Waals surface area contributed by atoms with Gasteiger partial charge in [0.15, 0.2) is 23.8 Å². The zero-order valence-electron chi connectivity index (χ0n) is 18.6. The highest BCUT2D eigenvalue weighted by atomic mass is 16.6. The highest BCUT2D eigenvalue weighted by Gasteiger charge is 2.47. The van der Waals surface area contributed by atoms with Crippen LogP contribution in [0.3, 0.4) is 0 Å². The number of fused-ring (bicyclic) bond motifs is 2. The maximum absolute atomic E-state index is 13.3. The Morgan fingerprint density at radius 2 is 1.94 bits per heavy atom. The number of ether oxygens (including phenoxy) is 2. The van der Waals surface area contributed by atoms with Crippen molar-refractivity contribution in [3.8, 4) is 0 Å². The smallest absolute Gasteiger partial charge is 0.339 e. The molecule has 4 aromatic rings. The van der Waals surface area contributed by atoms with Gasteiger partial charge in [0.05, 0.1) is 18.5 Å². The first-order valence-electron chi connectivity index (χ1n) is 10.7. The first kappa shape index (κ1) is 22.0. The minimum atomic E-state index is -1.28. The second-order valence-corrected chi connectivity index (χ2v) is 8.26. The number of carbonyl (C=O) groups is 1. The minimum absolute atomic E-state index is 0.182. The van der Waals surface area contributed by atoms with Gasteiger partial charge in [-0.05, 0) is 17.5 Å². The molecule has 1 saturated heterocycles. The summed E-state index contributed by atoms with van der Waals surface area (Å²) in [7, 11) is 3.86. The van der Waals surface area contributed by atoms with E-state index >= 15 is 0 Å². The first-order valence-corrected chi connectivity index (χ1v) is 10.7. The summed E-state index contributed by atoms with van der Waals surface area (Å²) in [6.07, 6.45) is -1.65. The Kier molecular flexibility index (Phi) is 5.52. The number of nitrogens with zero attached hydrogens (tertiary/aromatic N) is 5. The second kappa shape index (κ2) is 8.52. The number of rotatable bonds is 5. The van der Waals surface area contributed by atoms with Crippen molar-refractivity contribution >= 4 is 39.4 Å². The third kappa shape index (κ3) is 3.50. The first-order chi connectivity index (χ1) is 16.4. The lowest BCUT2D eigenvalue weighted by molar-refractivity contribution is -0.0564. The molecule has 0 bridgehead atoms. The summed E-state index contributed by atoms with van der Waals surface area (Å²) in [6, 6.07) is 11.1. The molecule has 0 amide bonds. The topological polar surface area (TPSA) is 149 Å². The van der Waals surface area contributed by atoms with Crippen LogP contribution in [0.15, 0.2) is 49.1 Å². The number of nitrogens with two attached hydrogens (primary N) is 1. The number of aromatic nitrogens is 4. The SMILES string of the molecule is CN(C)c1cccc2c(C(=O)OC3C(O)[C@@H](CO)O[C@H]3n3cnc4c(N)ncnc43)cccc12. The molecule has 4 N–H and O–H groups in total. The highest BCUT2D eigenvalue weighted by molar-refractivity contribution is 6.08. The quantitative estimate of drug-likeness (QED) is 0.367. The molecule has 1 aliphatic heterocycles. The van der Waals surface area contributed by atoms with E-state index in [1.165, 1.54) is 17.2 Å². The number of aliphatic hydroxyl groups is 2. The predicted molar refractivity (Wildman–Crippen MR) is 124 cm³/mol. The van der Waals surface area contributed by atoms with Crippen molar-refractivity contribution in [3.05, 3.63) is 54.6 Å². The molecule has 2 aromatic carbocycles. The lowest BCUT2D eigenvalue weighted by Gasteiger charge is -2.22. The van der Waals surface area contributed by atoms with Crippen LogP contribution in [0.4, 0.5) is 11.5 Å². The molecule has 0 aliphatic carbocycles. The van der Waals surface area contributed by atoms with Crippen LogP contribution in [0, 0.1) is 0 Å². The van der Waals surface area contributed by atoms with Gasteiger partial charge in [-0.25, -0.2) is 19.7 Å². The molecule has 1 fully saturated rings. The fourth-order valence-electron chi connectivity index (χ4n) is 4.32. The van der Waals surface area contributed by atoms with Crippen LogP contribution in [0.2, 0.25) is 0 Å². The molecule has 0 spiro atoms. The Labute approximate surface area is 194 Å². The third-order valence-electron chi connectivity index (χ3n) is 6.00. The average Bonchev–Trinajstić information content (AvgIpc) is 3.40. The number of carbonyl (C=O) groups excluding carboxylic acids is 1. The van der Waals surface area contributed by atoms with E-state index in [0.29, 0.717) is 16.7 Å². The van der Waals surface area contributed by atoms with E-state index < -0.39 is 37.1 Å². The van der Waals surface area contributed by atoms with Gasteiger partial charge in [0.1, 0.15) is 24.1 Å². The zero-order valence-corrected chi connectivity index (χ0v) is 18.6. The maximum atomic E-state index is 13.3. The predicted octanol–water partition coefficient (Wildman–Crippen LogP) is 1.10. The highest BCUT2D eigenvalue weighted by Crippen LogP contribution is 2.35. The number of benzene rings is 2. The van der Waals surface area contributed by atoms with Crippen molar-refractivity contribution in [2.45, 2.75) is 24.5 Å². The molecule has 176 valence electrons. The molecule has 5 rings (SSSR count). The largest absolute Gasteiger partial charge is 0.451 e.